The van der Waals surface area contributed by atoms with Crippen LogP contribution in [0.1, 0.15) is 10.4 Å². The number of carbonyl (C=O) groups excluding carboxylic acids is 1. The van der Waals surface area contributed by atoms with E-state index in [1.807, 2.05) is 94.7 Å². The summed E-state index contributed by atoms with van der Waals surface area (Å²) in [7, 11) is 0. The molecule has 1 aliphatic rings. The van der Waals surface area contributed by atoms with Crippen molar-refractivity contribution in [2.24, 2.45) is 0 Å². The van der Waals surface area contributed by atoms with Gasteiger partial charge in [-0.2, -0.15) is 0 Å². The molecule has 1 saturated heterocycles. The molecular formula is C25H23N5O. The van der Waals surface area contributed by atoms with E-state index >= 15 is 0 Å². The molecule has 0 radical (unpaired) electrons. The van der Waals surface area contributed by atoms with E-state index in [4.69, 9.17) is 4.98 Å². The van der Waals surface area contributed by atoms with E-state index in [9.17, 15) is 4.79 Å². The molecule has 0 spiro atoms. The number of piperazine rings is 1. The molecule has 2 aromatic carbocycles. The van der Waals surface area contributed by atoms with Gasteiger partial charge in [-0.05, 0) is 42.5 Å². The van der Waals surface area contributed by atoms with Crippen LogP contribution in [0.25, 0.3) is 17.1 Å². The van der Waals surface area contributed by atoms with Crippen LogP contribution in [0.2, 0.25) is 0 Å². The Labute approximate surface area is 181 Å². The first-order valence-electron chi connectivity index (χ1n) is 10.4. The van der Waals surface area contributed by atoms with Crippen LogP contribution >= 0.6 is 0 Å². The Morgan fingerprint density at radius 2 is 1.48 bits per heavy atom. The molecule has 0 unspecified atom stereocenters. The number of carbonyl (C=O) groups is 1. The molecular weight excluding hydrogens is 386 g/mol. The van der Waals surface area contributed by atoms with Gasteiger partial charge in [0.1, 0.15) is 5.82 Å². The van der Waals surface area contributed by atoms with Crippen LogP contribution in [0, 0.1) is 0 Å². The van der Waals surface area contributed by atoms with Crippen LogP contribution in [0.4, 0.5) is 5.82 Å². The Bertz CT molecular complexity index is 1150. The number of amides is 1. The summed E-state index contributed by atoms with van der Waals surface area (Å²) in [4.78, 5) is 26.2. The van der Waals surface area contributed by atoms with Gasteiger partial charge in [-0.1, -0.05) is 30.3 Å². The van der Waals surface area contributed by atoms with Crippen molar-refractivity contribution in [1.82, 2.24) is 19.4 Å². The number of hydrogen-bond acceptors (Lipinski definition) is 4. The van der Waals surface area contributed by atoms with Crippen molar-refractivity contribution >= 4 is 11.7 Å². The molecule has 154 valence electrons. The Kier molecular flexibility index (Phi) is 5.19. The number of rotatable bonds is 4. The molecule has 0 aliphatic carbocycles. The Balaban J connectivity index is 1.24. The second-order valence-electron chi connectivity index (χ2n) is 7.52. The van der Waals surface area contributed by atoms with Crippen molar-refractivity contribution in [3.63, 3.8) is 0 Å². The van der Waals surface area contributed by atoms with Gasteiger partial charge in [0, 0.05) is 61.6 Å². The molecule has 5 rings (SSSR count). The lowest BCUT2D eigenvalue weighted by molar-refractivity contribution is 0.0746. The number of hydrogen-bond donors (Lipinski definition) is 0. The van der Waals surface area contributed by atoms with Crippen molar-refractivity contribution in [3.05, 3.63) is 97.0 Å². The highest BCUT2D eigenvalue weighted by molar-refractivity contribution is 5.94. The molecule has 0 N–H and O–H groups in total. The van der Waals surface area contributed by atoms with Gasteiger partial charge in [0.2, 0.25) is 0 Å². The number of benzene rings is 2. The van der Waals surface area contributed by atoms with Crippen LogP contribution in [0.5, 0.6) is 0 Å². The van der Waals surface area contributed by atoms with Gasteiger partial charge in [0.25, 0.3) is 5.91 Å². The molecule has 31 heavy (non-hydrogen) atoms. The lowest BCUT2D eigenvalue weighted by Gasteiger charge is -2.35. The highest BCUT2D eigenvalue weighted by Crippen LogP contribution is 2.20. The van der Waals surface area contributed by atoms with Crippen molar-refractivity contribution in [3.8, 4) is 17.1 Å². The lowest BCUT2D eigenvalue weighted by Crippen LogP contribution is -2.49. The van der Waals surface area contributed by atoms with Crippen molar-refractivity contribution in [2.75, 3.05) is 31.1 Å². The molecule has 1 fully saturated rings. The molecule has 0 atom stereocenters. The van der Waals surface area contributed by atoms with E-state index in [0.717, 1.165) is 41.5 Å². The maximum Gasteiger partial charge on any atom is 0.253 e. The predicted octanol–water partition coefficient (Wildman–Crippen LogP) is 3.90. The molecule has 1 amide bonds. The van der Waals surface area contributed by atoms with E-state index in [1.54, 1.807) is 6.20 Å². The average Bonchev–Trinajstić information content (AvgIpc) is 3.40. The highest BCUT2D eigenvalue weighted by atomic mass is 16.2. The largest absolute Gasteiger partial charge is 0.353 e. The minimum absolute atomic E-state index is 0.0753. The zero-order valence-corrected chi connectivity index (χ0v) is 17.1. The van der Waals surface area contributed by atoms with Crippen molar-refractivity contribution < 1.29 is 4.79 Å². The predicted molar refractivity (Wildman–Crippen MR) is 121 cm³/mol. The zero-order valence-electron chi connectivity index (χ0n) is 17.1. The van der Waals surface area contributed by atoms with Gasteiger partial charge < -0.3 is 14.4 Å². The summed E-state index contributed by atoms with van der Waals surface area (Å²) < 4.78 is 2.03. The van der Waals surface area contributed by atoms with Crippen LogP contribution in [-0.4, -0.2) is 51.5 Å². The SMILES string of the molecule is O=C(c1ccc(-n2cccc2)cc1)N1CCN(c2ccnc(-c3ccccc3)n2)CC1. The minimum Gasteiger partial charge on any atom is -0.353 e. The maximum absolute atomic E-state index is 13.0. The molecule has 0 bridgehead atoms. The van der Waals surface area contributed by atoms with E-state index in [-0.39, 0.29) is 5.91 Å². The summed E-state index contributed by atoms with van der Waals surface area (Å²) in [5, 5.41) is 0. The first kappa shape index (κ1) is 19.1. The maximum atomic E-state index is 13.0. The number of anilines is 1. The summed E-state index contributed by atoms with van der Waals surface area (Å²) >= 11 is 0. The second-order valence-corrected chi connectivity index (χ2v) is 7.52. The minimum atomic E-state index is 0.0753. The van der Waals surface area contributed by atoms with Crippen LogP contribution in [0.3, 0.4) is 0 Å². The summed E-state index contributed by atoms with van der Waals surface area (Å²) in [5.74, 6) is 1.70. The van der Waals surface area contributed by atoms with E-state index in [2.05, 4.69) is 9.88 Å². The fourth-order valence-electron chi connectivity index (χ4n) is 3.86. The van der Waals surface area contributed by atoms with Crippen molar-refractivity contribution in [1.29, 1.82) is 0 Å². The Hall–Kier alpha value is -3.93. The van der Waals surface area contributed by atoms with E-state index in [1.165, 1.54) is 0 Å². The quantitative estimate of drug-likeness (QED) is 0.513. The topological polar surface area (TPSA) is 54.3 Å². The first-order chi connectivity index (χ1) is 15.3. The smallest absolute Gasteiger partial charge is 0.253 e. The second kappa shape index (κ2) is 8.44. The standard InChI is InChI=1S/C25H23N5O/c31-25(21-8-10-22(11-9-21)28-14-4-5-15-28)30-18-16-29(17-19-30)23-12-13-26-24(27-23)20-6-2-1-3-7-20/h1-15H,16-19H2. The highest BCUT2D eigenvalue weighted by Gasteiger charge is 2.23. The summed E-state index contributed by atoms with van der Waals surface area (Å²) in [6, 6.07) is 23.7. The molecule has 0 saturated carbocycles. The average molecular weight is 409 g/mol. The van der Waals surface area contributed by atoms with E-state index < -0.39 is 0 Å². The lowest BCUT2D eigenvalue weighted by atomic mass is 10.1. The third-order valence-corrected chi connectivity index (χ3v) is 5.58. The van der Waals surface area contributed by atoms with Crippen molar-refractivity contribution in [2.45, 2.75) is 0 Å². The fraction of sp³-hybridized carbons (Fsp3) is 0.160. The van der Waals surface area contributed by atoms with Crippen LogP contribution in [-0.2, 0) is 0 Å². The number of nitrogens with zero attached hydrogens (tertiary/aromatic N) is 5. The van der Waals surface area contributed by atoms with Gasteiger partial charge >= 0.3 is 0 Å². The monoisotopic (exact) mass is 409 g/mol. The molecule has 3 heterocycles. The van der Waals surface area contributed by atoms with Gasteiger partial charge in [-0.15, -0.1) is 0 Å². The van der Waals surface area contributed by atoms with Gasteiger partial charge in [0.05, 0.1) is 0 Å². The van der Waals surface area contributed by atoms with Gasteiger partial charge in [-0.25, -0.2) is 9.97 Å². The Morgan fingerprint density at radius 3 is 2.19 bits per heavy atom. The van der Waals surface area contributed by atoms with E-state index in [0.29, 0.717) is 13.1 Å². The van der Waals surface area contributed by atoms with Crippen LogP contribution < -0.4 is 4.90 Å². The third kappa shape index (κ3) is 4.05. The zero-order chi connectivity index (χ0) is 21.0. The summed E-state index contributed by atoms with van der Waals surface area (Å²) in [6.07, 6.45) is 5.79. The fourth-order valence-corrected chi connectivity index (χ4v) is 3.86. The molecule has 4 aromatic rings. The summed E-state index contributed by atoms with van der Waals surface area (Å²) in [5.41, 5.74) is 2.77. The van der Waals surface area contributed by atoms with Crippen LogP contribution in [0.15, 0.2) is 91.4 Å². The normalized spacial score (nSPS) is 13.9. The first-order valence-corrected chi connectivity index (χ1v) is 10.4. The molecule has 6 nitrogen and oxygen atoms in total. The molecule has 2 aromatic heterocycles. The van der Waals surface area contributed by atoms with Gasteiger partial charge in [0.15, 0.2) is 5.82 Å². The molecule has 1 aliphatic heterocycles. The Morgan fingerprint density at radius 1 is 0.774 bits per heavy atom. The molecule has 6 heteroatoms. The number of aromatic nitrogens is 3. The summed E-state index contributed by atoms with van der Waals surface area (Å²) in [6.45, 7) is 2.84. The van der Waals surface area contributed by atoms with Gasteiger partial charge in [-0.3, -0.25) is 4.79 Å². The third-order valence-electron chi connectivity index (χ3n) is 5.58.